The number of aromatic nitrogens is 2. The zero-order valence-corrected chi connectivity index (χ0v) is 14.3. The van der Waals surface area contributed by atoms with E-state index in [-0.39, 0.29) is 10.7 Å². The van der Waals surface area contributed by atoms with Crippen LogP contribution in [0.1, 0.15) is 5.56 Å². The molecule has 0 aliphatic heterocycles. The Morgan fingerprint density at radius 1 is 1.25 bits per heavy atom. The number of nitrogens with one attached hydrogen (secondary N) is 1. The Hall–Kier alpha value is -2.11. The maximum Gasteiger partial charge on any atom is 0.165 e. The van der Waals surface area contributed by atoms with Crippen molar-refractivity contribution in [2.45, 2.75) is 6.42 Å². The molecule has 0 bridgehead atoms. The molecule has 1 heterocycles. The summed E-state index contributed by atoms with van der Waals surface area (Å²) >= 11 is 11.7. The number of aryl methyl sites for hydroxylation is 1. The Kier molecular flexibility index (Phi) is 5.02. The van der Waals surface area contributed by atoms with Crippen molar-refractivity contribution in [2.24, 2.45) is 0 Å². The SMILES string of the molecule is COc1cc2ncnc(Nc3cccc(Cl)c3F)c2cc1CCCl. The summed E-state index contributed by atoms with van der Waals surface area (Å²) in [5, 5.41) is 3.77. The second-order valence-electron chi connectivity index (χ2n) is 5.07. The van der Waals surface area contributed by atoms with E-state index in [2.05, 4.69) is 15.3 Å². The molecule has 0 radical (unpaired) electrons. The van der Waals surface area contributed by atoms with Crippen LogP contribution in [0.15, 0.2) is 36.7 Å². The van der Waals surface area contributed by atoms with Gasteiger partial charge in [0.2, 0.25) is 0 Å². The fourth-order valence-corrected chi connectivity index (χ4v) is 2.82. The van der Waals surface area contributed by atoms with Crippen molar-refractivity contribution in [3.8, 4) is 5.75 Å². The number of methoxy groups -OCH3 is 1. The van der Waals surface area contributed by atoms with E-state index in [9.17, 15) is 4.39 Å². The summed E-state index contributed by atoms with van der Waals surface area (Å²) in [4.78, 5) is 8.47. The van der Waals surface area contributed by atoms with Gasteiger partial charge in [0.05, 0.1) is 23.3 Å². The average Bonchev–Trinajstić information content (AvgIpc) is 2.59. The topological polar surface area (TPSA) is 47.0 Å². The molecule has 2 aromatic carbocycles. The lowest BCUT2D eigenvalue weighted by molar-refractivity contribution is 0.411. The van der Waals surface area contributed by atoms with Crippen LogP contribution in [-0.4, -0.2) is 23.0 Å². The van der Waals surface area contributed by atoms with Gasteiger partial charge in [0.1, 0.15) is 17.9 Å². The summed E-state index contributed by atoms with van der Waals surface area (Å²) in [6, 6.07) is 8.47. The number of anilines is 2. The van der Waals surface area contributed by atoms with Gasteiger partial charge in [-0.3, -0.25) is 0 Å². The molecule has 1 N–H and O–H groups in total. The van der Waals surface area contributed by atoms with Gasteiger partial charge in [-0.1, -0.05) is 17.7 Å². The van der Waals surface area contributed by atoms with Gasteiger partial charge in [0, 0.05) is 17.3 Å². The van der Waals surface area contributed by atoms with E-state index in [0.29, 0.717) is 29.4 Å². The van der Waals surface area contributed by atoms with Crippen LogP contribution in [0, 0.1) is 5.82 Å². The average molecular weight is 366 g/mol. The fourth-order valence-electron chi connectivity index (χ4n) is 2.44. The second-order valence-corrected chi connectivity index (χ2v) is 5.85. The smallest absolute Gasteiger partial charge is 0.165 e. The molecule has 24 heavy (non-hydrogen) atoms. The third-order valence-corrected chi connectivity index (χ3v) is 4.09. The van der Waals surface area contributed by atoms with Crippen LogP contribution in [0.25, 0.3) is 10.9 Å². The van der Waals surface area contributed by atoms with Gasteiger partial charge in [-0.2, -0.15) is 0 Å². The molecule has 4 nitrogen and oxygen atoms in total. The minimum Gasteiger partial charge on any atom is -0.496 e. The Morgan fingerprint density at radius 2 is 2.08 bits per heavy atom. The first-order valence-electron chi connectivity index (χ1n) is 7.22. The Morgan fingerprint density at radius 3 is 2.83 bits per heavy atom. The van der Waals surface area contributed by atoms with Crippen LogP contribution in [0.5, 0.6) is 5.75 Å². The van der Waals surface area contributed by atoms with E-state index in [1.165, 1.54) is 12.4 Å². The molecule has 7 heteroatoms. The number of hydrogen-bond donors (Lipinski definition) is 1. The number of fused-ring (bicyclic) bond motifs is 1. The molecule has 0 fully saturated rings. The maximum absolute atomic E-state index is 14.1. The number of rotatable bonds is 5. The number of hydrogen-bond acceptors (Lipinski definition) is 4. The predicted octanol–water partition coefficient (Wildman–Crippen LogP) is 4.96. The number of ether oxygens (including phenoxy) is 1. The summed E-state index contributed by atoms with van der Waals surface area (Å²) in [5.74, 6) is 1.13. The second kappa shape index (κ2) is 7.20. The molecule has 124 valence electrons. The first kappa shape index (κ1) is 16.7. The minimum absolute atomic E-state index is 0.0443. The highest BCUT2D eigenvalue weighted by Gasteiger charge is 2.12. The molecule has 3 aromatic rings. The highest BCUT2D eigenvalue weighted by molar-refractivity contribution is 6.31. The normalized spacial score (nSPS) is 10.8. The Balaban J connectivity index is 2.10. The van der Waals surface area contributed by atoms with Gasteiger partial charge >= 0.3 is 0 Å². The number of alkyl halides is 1. The molecule has 0 unspecified atom stereocenters. The fraction of sp³-hybridized carbons (Fsp3) is 0.176. The predicted molar refractivity (Wildman–Crippen MR) is 95.2 cm³/mol. The van der Waals surface area contributed by atoms with E-state index in [4.69, 9.17) is 27.9 Å². The Bertz CT molecular complexity index is 889. The number of benzene rings is 2. The van der Waals surface area contributed by atoms with Crippen molar-refractivity contribution in [2.75, 3.05) is 18.3 Å². The molecular weight excluding hydrogens is 352 g/mol. The molecule has 0 aliphatic carbocycles. The van der Waals surface area contributed by atoms with E-state index < -0.39 is 5.82 Å². The third kappa shape index (κ3) is 3.23. The van der Waals surface area contributed by atoms with Crippen LogP contribution in [0.4, 0.5) is 15.9 Å². The largest absolute Gasteiger partial charge is 0.496 e. The molecule has 0 atom stereocenters. The standard InChI is InChI=1S/C17H14Cl2FN3O/c1-24-15-8-14-11(7-10(15)5-6-18)17(22-9-21-14)23-13-4-2-3-12(19)16(13)20/h2-4,7-9H,5-6H2,1H3,(H,21,22,23). The molecule has 0 spiro atoms. The van der Waals surface area contributed by atoms with Crippen LogP contribution < -0.4 is 10.1 Å². The van der Waals surface area contributed by atoms with E-state index >= 15 is 0 Å². The minimum atomic E-state index is -0.527. The highest BCUT2D eigenvalue weighted by Crippen LogP contribution is 2.31. The molecule has 0 aliphatic rings. The van der Waals surface area contributed by atoms with Crippen LogP contribution >= 0.6 is 23.2 Å². The lowest BCUT2D eigenvalue weighted by atomic mass is 10.1. The third-order valence-electron chi connectivity index (χ3n) is 3.61. The summed E-state index contributed by atoms with van der Waals surface area (Å²) in [6.45, 7) is 0. The quantitative estimate of drug-likeness (QED) is 0.649. The molecule has 0 saturated heterocycles. The molecule has 3 rings (SSSR count). The first-order chi connectivity index (χ1) is 11.6. The molecule has 0 amide bonds. The van der Waals surface area contributed by atoms with Gasteiger partial charge in [-0.05, 0) is 30.2 Å². The van der Waals surface area contributed by atoms with E-state index in [1.54, 1.807) is 19.2 Å². The van der Waals surface area contributed by atoms with Crippen molar-refractivity contribution >= 4 is 45.6 Å². The van der Waals surface area contributed by atoms with Crippen molar-refractivity contribution in [1.29, 1.82) is 0 Å². The van der Waals surface area contributed by atoms with Gasteiger partial charge < -0.3 is 10.1 Å². The molecular formula is C17H14Cl2FN3O. The first-order valence-corrected chi connectivity index (χ1v) is 8.14. The van der Waals surface area contributed by atoms with Crippen LogP contribution in [0.2, 0.25) is 5.02 Å². The summed E-state index contributed by atoms with van der Waals surface area (Å²) in [6.07, 6.45) is 2.05. The van der Waals surface area contributed by atoms with Gasteiger partial charge in [0.25, 0.3) is 0 Å². The zero-order valence-electron chi connectivity index (χ0n) is 12.8. The molecule has 1 aromatic heterocycles. The lowest BCUT2D eigenvalue weighted by Gasteiger charge is -2.13. The number of halogens is 3. The van der Waals surface area contributed by atoms with Gasteiger partial charge in [-0.25, -0.2) is 14.4 Å². The van der Waals surface area contributed by atoms with Crippen molar-refractivity contribution < 1.29 is 9.13 Å². The van der Waals surface area contributed by atoms with Gasteiger partial charge in [0.15, 0.2) is 5.82 Å². The van der Waals surface area contributed by atoms with Crippen molar-refractivity contribution in [3.63, 3.8) is 0 Å². The summed E-state index contributed by atoms with van der Waals surface area (Å²) in [5.41, 5.74) is 1.87. The van der Waals surface area contributed by atoms with E-state index in [1.807, 2.05) is 12.1 Å². The van der Waals surface area contributed by atoms with Crippen LogP contribution in [0.3, 0.4) is 0 Å². The van der Waals surface area contributed by atoms with Crippen molar-refractivity contribution in [3.05, 3.63) is 53.1 Å². The monoisotopic (exact) mass is 365 g/mol. The summed E-state index contributed by atoms with van der Waals surface area (Å²) < 4.78 is 19.5. The maximum atomic E-state index is 14.1. The van der Waals surface area contributed by atoms with Crippen LogP contribution in [-0.2, 0) is 6.42 Å². The van der Waals surface area contributed by atoms with Crippen molar-refractivity contribution in [1.82, 2.24) is 9.97 Å². The number of nitrogens with zero attached hydrogens (tertiary/aromatic N) is 2. The molecule has 0 saturated carbocycles. The van der Waals surface area contributed by atoms with E-state index in [0.717, 1.165) is 10.9 Å². The lowest BCUT2D eigenvalue weighted by Crippen LogP contribution is -2.00. The Labute approximate surface area is 148 Å². The zero-order chi connectivity index (χ0) is 17.1. The highest BCUT2D eigenvalue weighted by atomic mass is 35.5. The van der Waals surface area contributed by atoms with Gasteiger partial charge in [-0.15, -0.1) is 11.6 Å². The summed E-state index contributed by atoms with van der Waals surface area (Å²) in [7, 11) is 1.60.